The van der Waals surface area contributed by atoms with Gasteiger partial charge in [0.05, 0.1) is 13.2 Å². The molecule has 0 amide bonds. The van der Waals surface area contributed by atoms with Crippen LogP contribution in [0, 0.1) is 19.8 Å². The monoisotopic (exact) mass is 397 g/mol. The topological polar surface area (TPSA) is 56.8 Å². The SMILES string of the molecule is COC(=O)COc1c(C)cc(CNCC2CCCOC2c2ccccc2)cc1C. The van der Waals surface area contributed by atoms with Crippen LogP contribution in [0.4, 0.5) is 0 Å². The normalized spacial score (nSPS) is 19.0. The highest BCUT2D eigenvalue weighted by Gasteiger charge is 2.26. The van der Waals surface area contributed by atoms with Crippen LogP contribution in [0.1, 0.15) is 41.2 Å². The zero-order valence-corrected chi connectivity index (χ0v) is 17.6. The van der Waals surface area contributed by atoms with Gasteiger partial charge in [0.25, 0.3) is 0 Å². The minimum atomic E-state index is -0.378. The number of esters is 1. The van der Waals surface area contributed by atoms with E-state index >= 15 is 0 Å². The highest BCUT2D eigenvalue weighted by molar-refractivity contribution is 5.71. The number of carbonyl (C=O) groups is 1. The third-order valence-electron chi connectivity index (χ3n) is 5.39. The largest absolute Gasteiger partial charge is 0.481 e. The van der Waals surface area contributed by atoms with Crippen LogP contribution in [0.3, 0.4) is 0 Å². The number of hydrogen-bond acceptors (Lipinski definition) is 5. The molecule has 1 aliphatic heterocycles. The number of methoxy groups -OCH3 is 1. The average Bonchev–Trinajstić information content (AvgIpc) is 2.74. The summed E-state index contributed by atoms with van der Waals surface area (Å²) in [5.74, 6) is 0.845. The van der Waals surface area contributed by atoms with Crippen molar-refractivity contribution in [1.82, 2.24) is 5.32 Å². The maximum Gasteiger partial charge on any atom is 0.343 e. The first kappa shape index (κ1) is 21.3. The number of benzene rings is 2. The van der Waals surface area contributed by atoms with Gasteiger partial charge in [-0.15, -0.1) is 0 Å². The summed E-state index contributed by atoms with van der Waals surface area (Å²) in [6.45, 7) is 6.47. The highest BCUT2D eigenvalue weighted by Crippen LogP contribution is 2.33. The molecule has 0 spiro atoms. The van der Waals surface area contributed by atoms with Crippen molar-refractivity contribution in [2.75, 3.05) is 26.9 Å². The lowest BCUT2D eigenvalue weighted by Gasteiger charge is -2.32. The predicted octanol–water partition coefficient (Wildman–Crippen LogP) is 4.11. The molecule has 5 nitrogen and oxygen atoms in total. The first-order valence-electron chi connectivity index (χ1n) is 10.3. The molecule has 0 saturated carbocycles. The van der Waals surface area contributed by atoms with Crippen molar-refractivity contribution in [3.8, 4) is 5.75 Å². The zero-order valence-electron chi connectivity index (χ0n) is 17.6. The maximum atomic E-state index is 11.3. The predicted molar refractivity (Wildman–Crippen MR) is 113 cm³/mol. The molecule has 0 aliphatic carbocycles. The molecule has 156 valence electrons. The van der Waals surface area contributed by atoms with E-state index in [1.54, 1.807) is 0 Å². The summed E-state index contributed by atoms with van der Waals surface area (Å²) < 4.78 is 16.4. The Balaban J connectivity index is 1.57. The van der Waals surface area contributed by atoms with Crippen molar-refractivity contribution < 1.29 is 19.0 Å². The second-order valence-corrected chi connectivity index (χ2v) is 7.66. The molecule has 0 bridgehead atoms. The Labute approximate surface area is 173 Å². The van der Waals surface area contributed by atoms with Gasteiger partial charge in [0.1, 0.15) is 5.75 Å². The molecule has 5 heteroatoms. The van der Waals surface area contributed by atoms with E-state index < -0.39 is 0 Å². The van der Waals surface area contributed by atoms with Crippen molar-refractivity contribution in [3.63, 3.8) is 0 Å². The second kappa shape index (κ2) is 10.4. The number of aryl methyl sites for hydroxylation is 2. The summed E-state index contributed by atoms with van der Waals surface area (Å²) in [5, 5.41) is 3.61. The summed E-state index contributed by atoms with van der Waals surface area (Å²) in [7, 11) is 1.36. The van der Waals surface area contributed by atoms with E-state index in [-0.39, 0.29) is 18.7 Å². The van der Waals surface area contributed by atoms with Crippen molar-refractivity contribution in [2.45, 2.75) is 39.3 Å². The minimum Gasteiger partial charge on any atom is -0.481 e. The summed E-state index contributed by atoms with van der Waals surface area (Å²) >= 11 is 0. The lowest BCUT2D eigenvalue weighted by Crippen LogP contribution is -2.31. The number of hydrogen-bond donors (Lipinski definition) is 1. The Bertz CT molecular complexity index is 783. The molecule has 2 aromatic carbocycles. The van der Waals surface area contributed by atoms with Crippen LogP contribution in [0.15, 0.2) is 42.5 Å². The van der Waals surface area contributed by atoms with Crippen molar-refractivity contribution in [3.05, 3.63) is 64.7 Å². The third kappa shape index (κ3) is 5.81. The Kier molecular flexibility index (Phi) is 7.67. The fourth-order valence-corrected chi connectivity index (χ4v) is 4.03. The van der Waals surface area contributed by atoms with Gasteiger partial charge in [-0.1, -0.05) is 42.5 Å². The van der Waals surface area contributed by atoms with Crippen LogP contribution in [0.2, 0.25) is 0 Å². The standard InChI is InChI=1S/C24H31NO4/c1-17-12-19(13-18(2)23(17)29-16-22(26)27-3)14-25-15-21-10-7-11-28-24(21)20-8-5-4-6-9-20/h4-6,8-9,12-13,21,24-25H,7,10-11,14-16H2,1-3H3. The van der Waals surface area contributed by atoms with E-state index in [4.69, 9.17) is 9.47 Å². The maximum absolute atomic E-state index is 11.3. The third-order valence-corrected chi connectivity index (χ3v) is 5.39. The van der Waals surface area contributed by atoms with E-state index in [1.807, 2.05) is 19.9 Å². The number of carbonyl (C=O) groups excluding carboxylic acids is 1. The molecule has 0 radical (unpaired) electrons. The average molecular weight is 398 g/mol. The van der Waals surface area contributed by atoms with Crippen molar-refractivity contribution >= 4 is 5.97 Å². The molecule has 1 heterocycles. The van der Waals surface area contributed by atoms with Gasteiger partial charge < -0.3 is 19.5 Å². The smallest absolute Gasteiger partial charge is 0.343 e. The molecule has 2 atom stereocenters. The molecule has 2 unspecified atom stereocenters. The van der Waals surface area contributed by atoms with Gasteiger partial charge in [0.15, 0.2) is 6.61 Å². The molecule has 2 aromatic rings. The van der Waals surface area contributed by atoms with Crippen molar-refractivity contribution in [2.24, 2.45) is 5.92 Å². The summed E-state index contributed by atoms with van der Waals surface area (Å²) in [6, 6.07) is 14.7. The van der Waals surface area contributed by atoms with Gasteiger partial charge in [0, 0.05) is 25.6 Å². The molecular weight excluding hydrogens is 366 g/mol. The molecule has 1 aliphatic rings. The first-order chi connectivity index (χ1) is 14.1. The Hall–Kier alpha value is -2.37. The number of rotatable bonds is 8. The van der Waals surface area contributed by atoms with E-state index in [1.165, 1.54) is 24.7 Å². The molecule has 0 aromatic heterocycles. The Morgan fingerprint density at radius 2 is 1.90 bits per heavy atom. The van der Waals surface area contributed by atoms with Gasteiger partial charge in [-0.25, -0.2) is 4.79 Å². The second-order valence-electron chi connectivity index (χ2n) is 7.66. The molecular formula is C24H31NO4. The molecule has 29 heavy (non-hydrogen) atoms. The van der Waals surface area contributed by atoms with E-state index in [0.717, 1.165) is 43.0 Å². The van der Waals surface area contributed by atoms with Crippen LogP contribution in [0.25, 0.3) is 0 Å². The van der Waals surface area contributed by atoms with Gasteiger partial charge in [-0.3, -0.25) is 0 Å². The fraction of sp³-hybridized carbons (Fsp3) is 0.458. The molecule has 1 fully saturated rings. The Morgan fingerprint density at radius 3 is 2.59 bits per heavy atom. The van der Waals surface area contributed by atoms with Gasteiger partial charge in [-0.2, -0.15) is 0 Å². The van der Waals surface area contributed by atoms with E-state index in [9.17, 15) is 4.79 Å². The Morgan fingerprint density at radius 1 is 1.17 bits per heavy atom. The highest BCUT2D eigenvalue weighted by atomic mass is 16.6. The van der Waals surface area contributed by atoms with Gasteiger partial charge in [0.2, 0.25) is 0 Å². The van der Waals surface area contributed by atoms with Crippen LogP contribution in [-0.4, -0.2) is 32.8 Å². The van der Waals surface area contributed by atoms with Crippen LogP contribution >= 0.6 is 0 Å². The first-order valence-corrected chi connectivity index (χ1v) is 10.3. The summed E-state index contributed by atoms with van der Waals surface area (Å²) in [5.41, 5.74) is 4.51. The number of ether oxygens (including phenoxy) is 3. The molecule has 1 saturated heterocycles. The minimum absolute atomic E-state index is 0.0711. The number of nitrogens with one attached hydrogen (secondary N) is 1. The van der Waals surface area contributed by atoms with Gasteiger partial charge in [-0.05, 0) is 48.9 Å². The molecule has 3 rings (SSSR count). The van der Waals surface area contributed by atoms with E-state index in [0.29, 0.717) is 5.92 Å². The van der Waals surface area contributed by atoms with Crippen LogP contribution in [0.5, 0.6) is 5.75 Å². The van der Waals surface area contributed by atoms with Crippen LogP contribution < -0.4 is 10.1 Å². The quantitative estimate of drug-likeness (QED) is 0.679. The fourth-order valence-electron chi connectivity index (χ4n) is 4.03. The van der Waals surface area contributed by atoms with Crippen LogP contribution in [-0.2, 0) is 20.8 Å². The van der Waals surface area contributed by atoms with E-state index in [2.05, 4.69) is 46.5 Å². The lowest BCUT2D eigenvalue weighted by molar-refractivity contribution is -0.142. The van der Waals surface area contributed by atoms with Crippen molar-refractivity contribution in [1.29, 1.82) is 0 Å². The summed E-state index contributed by atoms with van der Waals surface area (Å²) in [6.07, 6.45) is 2.44. The van der Waals surface area contributed by atoms with Gasteiger partial charge >= 0.3 is 5.97 Å². The summed E-state index contributed by atoms with van der Waals surface area (Å²) in [4.78, 5) is 11.3. The molecule has 1 N–H and O–H groups in total. The lowest BCUT2D eigenvalue weighted by atomic mass is 9.89. The zero-order chi connectivity index (χ0) is 20.6.